The minimum Gasteiger partial charge on any atom is -0.461 e. The van der Waals surface area contributed by atoms with Gasteiger partial charge in [0.15, 0.2) is 23.8 Å². The highest BCUT2D eigenvalue weighted by Crippen LogP contribution is 2.65. The first-order valence-electron chi connectivity index (χ1n) is 31.0. The van der Waals surface area contributed by atoms with Gasteiger partial charge in [-0.15, -0.1) is 0 Å². The lowest BCUT2D eigenvalue weighted by molar-refractivity contribution is -0.346. The average molecular weight is 1310 g/mol. The fraction of sp³-hybridized carbons (Fsp3) is 0.530. The molecule has 2 unspecified atom stereocenters. The zero-order valence-corrected chi connectivity index (χ0v) is 53.5. The van der Waals surface area contributed by atoms with Crippen molar-refractivity contribution in [2.24, 2.45) is 28.4 Å². The Hall–Kier alpha value is -8.51. The molecule has 510 valence electrons. The molecule has 12 N–H and O–H groups in total. The van der Waals surface area contributed by atoms with Gasteiger partial charge in [-0.2, -0.15) is 0 Å². The molecule has 28 nitrogen and oxygen atoms in total. The Morgan fingerprint density at radius 2 is 1.35 bits per heavy atom. The average Bonchev–Trinajstić information content (AvgIpc) is 0.669. The number of amides is 5. The number of Topliss-reactive ketones (excluding diaryl/α,β-unsaturated/α-hetero) is 1. The summed E-state index contributed by atoms with van der Waals surface area (Å²) >= 11 is 0. The van der Waals surface area contributed by atoms with Crippen molar-refractivity contribution < 1.29 is 107 Å². The summed E-state index contributed by atoms with van der Waals surface area (Å²) in [6.07, 6.45) is -13.8. The van der Waals surface area contributed by atoms with Gasteiger partial charge in [0.1, 0.15) is 42.1 Å². The first-order valence-corrected chi connectivity index (χ1v) is 31.0. The number of esters is 5. The van der Waals surface area contributed by atoms with E-state index in [-0.39, 0.29) is 49.1 Å². The summed E-state index contributed by atoms with van der Waals surface area (Å²) in [7, 11) is 0. The predicted molar refractivity (Wildman–Crippen MR) is 328 cm³/mol. The van der Waals surface area contributed by atoms with E-state index in [0.29, 0.717) is 5.56 Å². The lowest BCUT2D eigenvalue weighted by Gasteiger charge is -2.67. The van der Waals surface area contributed by atoms with Crippen molar-refractivity contribution in [3.8, 4) is 0 Å². The van der Waals surface area contributed by atoms with Crippen molar-refractivity contribution >= 4 is 65.2 Å². The highest BCUT2D eigenvalue weighted by atomic mass is 16.6. The summed E-state index contributed by atoms with van der Waals surface area (Å²) in [5, 5.41) is 67.2. The van der Waals surface area contributed by atoms with Crippen LogP contribution in [0.25, 0.3) is 0 Å². The first kappa shape index (κ1) is 72.9. The van der Waals surface area contributed by atoms with Gasteiger partial charge in [-0.3, -0.25) is 43.2 Å². The van der Waals surface area contributed by atoms with Gasteiger partial charge in [0.2, 0.25) is 29.4 Å². The SMILES string of the molecule is CC(=O)OC1=C2C(C)[C@@H](OC(=O)[C@H](O)[C@@H](NC(=O)c3ccccc3)c3ccccc3)C[C@@](O)([C@@H](OC(=O)c3ccccc3)C3[C@](C)(C1=O)[C@@H](OC(=O)CCCNC(=O)[C@@H](CC(N)=O)NC(=O)[C@@H](C)NC(=O)[C@@H](C)NC[C@@H](O)CCC(O)O)C[C@H]1OC[C@@]31OC(C)=O)C2(C)C. The van der Waals surface area contributed by atoms with Crippen LogP contribution in [0.2, 0.25) is 0 Å². The summed E-state index contributed by atoms with van der Waals surface area (Å²) in [5.41, 5.74) is -3.04. The van der Waals surface area contributed by atoms with E-state index in [1.54, 1.807) is 54.6 Å². The number of nitrogens with one attached hydrogen (secondary N) is 5. The molecule has 5 amide bonds. The summed E-state index contributed by atoms with van der Waals surface area (Å²) in [4.78, 5) is 153. The minimum absolute atomic E-state index is 0.0218. The summed E-state index contributed by atoms with van der Waals surface area (Å²) in [5.74, 6) is -14.2. The number of benzene rings is 3. The van der Waals surface area contributed by atoms with E-state index in [1.165, 1.54) is 77.9 Å². The van der Waals surface area contributed by atoms with E-state index in [0.717, 1.165) is 13.8 Å². The second kappa shape index (κ2) is 30.7. The number of hydrogen-bond acceptors (Lipinski definition) is 23. The third kappa shape index (κ3) is 16.2. The highest BCUT2D eigenvalue weighted by molar-refractivity contribution is 6.02. The molecule has 1 saturated heterocycles. The number of carbonyl (C=O) groups is 11. The van der Waals surface area contributed by atoms with Gasteiger partial charge in [0, 0.05) is 69.5 Å². The largest absolute Gasteiger partial charge is 0.461 e. The van der Waals surface area contributed by atoms with Gasteiger partial charge in [-0.1, -0.05) is 87.5 Å². The molecule has 3 aromatic carbocycles. The van der Waals surface area contributed by atoms with Crippen molar-refractivity contribution in [2.75, 3.05) is 19.7 Å². The van der Waals surface area contributed by atoms with E-state index < -0.39 is 204 Å². The number of ketones is 1. The first-order chi connectivity index (χ1) is 44.3. The smallest absolute Gasteiger partial charge is 0.338 e. The van der Waals surface area contributed by atoms with Crippen LogP contribution in [0.5, 0.6) is 0 Å². The molecule has 28 heteroatoms. The topological polar surface area (TPSA) is 430 Å². The molecule has 3 fully saturated rings. The van der Waals surface area contributed by atoms with Crippen LogP contribution in [0.4, 0.5) is 0 Å². The lowest BCUT2D eigenvalue weighted by atomic mass is 9.45. The summed E-state index contributed by atoms with van der Waals surface area (Å²) < 4.78 is 37.3. The maximum absolute atomic E-state index is 16.4. The van der Waals surface area contributed by atoms with Crippen LogP contribution in [0, 0.1) is 22.7 Å². The predicted octanol–water partition coefficient (Wildman–Crippen LogP) is 0.683. The van der Waals surface area contributed by atoms with Crippen molar-refractivity contribution in [3.05, 3.63) is 119 Å². The van der Waals surface area contributed by atoms with Crippen LogP contribution in [0.1, 0.15) is 133 Å². The minimum atomic E-state index is -2.60. The van der Waals surface area contributed by atoms with Gasteiger partial charge in [-0.25, -0.2) is 9.59 Å². The van der Waals surface area contributed by atoms with Gasteiger partial charge in [0.05, 0.1) is 48.1 Å². The molecule has 15 atom stereocenters. The van der Waals surface area contributed by atoms with Gasteiger partial charge in [0.25, 0.3) is 5.91 Å². The number of aliphatic hydroxyl groups excluding tert-OH is 3. The van der Waals surface area contributed by atoms with Crippen LogP contribution < -0.4 is 32.3 Å². The Labute approximate surface area is 542 Å². The molecule has 2 bridgehead atoms. The van der Waals surface area contributed by atoms with Crippen LogP contribution >= 0.6 is 0 Å². The number of carbonyl (C=O) groups excluding carboxylic acids is 11. The number of rotatable bonds is 28. The summed E-state index contributed by atoms with van der Waals surface area (Å²) in [6, 6.07) is 18.4. The molecule has 1 heterocycles. The van der Waals surface area contributed by atoms with Crippen molar-refractivity contribution in [3.63, 3.8) is 0 Å². The van der Waals surface area contributed by atoms with E-state index >= 15 is 4.79 Å². The number of primary amides is 1. The number of fused-ring (bicyclic) bond motifs is 5. The fourth-order valence-electron chi connectivity index (χ4n) is 13.1. The van der Waals surface area contributed by atoms with Crippen molar-refractivity contribution in [1.29, 1.82) is 0 Å². The molecule has 0 spiro atoms. The van der Waals surface area contributed by atoms with E-state index in [4.69, 9.17) is 44.4 Å². The molecule has 3 aromatic rings. The second-order valence-electron chi connectivity index (χ2n) is 25.1. The number of allylic oxidation sites excluding steroid dienone is 1. The molecule has 1 aliphatic heterocycles. The molecule has 2 saturated carbocycles. The van der Waals surface area contributed by atoms with Crippen LogP contribution in [0.3, 0.4) is 0 Å². The Kier molecular flexibility index (Phi) is 23.8. The molecule has 3 aliphatic carbocycles. The highest BCUT2D eigenvalue weighted by Gasteiger charge is 2.79. The van der Waals surface area contributed by atoms with Gasteiger partial charge < -0.3 is 86.3 Å². The quantitative estimate of drug-likeness (QED) is 0.0206. The molecule has 7 rings (SSSR count). The summed E-state index contributed by atoms with van der Waals surface area (Å²) in [6.45, 7) is 9.79. The van der Waals surface area contributed by atoms with E-state index in [2.05, 4.69) is 26.6 Å². The fourth-order valence-corrected chi connectivity index (χ4v) is 13.1. The zero-order chi connectivity index (χ0) is 69.2. The number of hydrogen-bond donors (Lipinski definition) is 11. The van der Waals surface area contributed by atoms with Crippen LogP contribution in [0.15, 0.2) is 102 Å². The molecule has 4 aliphatic rings. The monoisotopic (exact) mass is 1310 g/mol. The standard InChI is InChI=1S/C66H84N6O22/c1-34-44(91-62(87)52(80)51(39-19-12-9-13-20-39)72-59(84)40-21-14-10-15-22-40)31-66(88)56(93-61(86)41-23-16-11-17-24-41)54-64(8,55(81)53(90-37(4)73)50(34)63(66,6)7)45(30-46-65(54,33-89-46)94-38(5)74)92-49(79)25-18-28-68-60(85)43(29-47(67)76)71-58(83)36(3)70-57(82)35(2)69-32-42(75)26-27-48(77)78/h9-17,19-24,34-36,42-46,48,51-52,54,56,69,75,77-78,80,88H,18,25-33H2,1-8H3,(H2,67,76)(H,68,85)(H,70,82)(H,71,83)(H,72,84)/t34?,35-,36-,42+,43-,44+,45+,46-,51+,52-,54?,56+,64-,65+,66-/m1/s1. The zero-order valence-electron chi connectivity index (χ0n) is 53.5. The van der Waals surface area contributed by atoms with E-state index in [1.807, 2.05) is 0 Å². The van der Waals surface area contributed by atoms with Gasteiger partial charge >= 0.3 is 29.8 Å². The number of nitrogens with two attached hydrogens (primary N) is 1. The number of aliphatic hydroxyl groups is 5. The second-order valence-corrected chi connectivity index (χ2v) is 25.1. The van der Waals surface area contributed by atoms with Crippen LogP contribution in [-0.4, -0.2) is 183 Å². The Morgan fingerprint density at radius 3 is 1.93 bits per heavy atom. The lowest BCUT2D eigenvalue weighted by Crippen LogP contribution is -2.81. The Balaban J connectivity index is 1.20. The normalized spacial score (nSPS) is 26.2. The Bertz CT molecular complexity index is 3330. The molecule has 0 aromatic heterocycles. The third-order valence-corrected chi connectivity index (χ3v) is 18.2. The molecule has 0 radical (unpaired) electrons. The third-order valence-electron chi connectivity index (χ3n) is 18.2. The molecular formula is C66H84N6O22. The maximum atomic E-state index is 16.4. The van der Waals surface area contributed by atoms with Crippen molar-refractivity contribution in [2.45, 2.75) is 179 Å². The number of ether oxygens (including phenoxy) is 6. The maximum Gasteiger partial charge on any atom is 0.338 e. The van der Waals surface area contributed by atoms with Crippen molar-refractivity contribution in [1.82, 2.24) is 26.6 Å². The Morgan fingerprint density at radius 1 is 0.745 bits per heavy atom. The van der Waals surface area contributed by atoms with Crippen LogP contribution in [-0.2, 0) is 71.6 Å². The molecular weight excluding hydrogens is 1230 g/mol. The molecule has 94 heavy (non-hydrogen) atoms. The van der Waals surface area contributed by atoms with Gasteiger partial charge in [-0.05, 0) is 69.0 Å². The van der Waals surface area contributed by atoms with E-state index in [9.17, 15) is 63.3 Å².